The number of halogens is 1. The van der Waals surface area contributed by atoms with Crippen molar-refractivity contribution >= 4 is 23.2 Å². The van der Waals surface area contributed by atoms with E-state index in [2.05, 4.69) is 4.98 Å². The zero-order valence-corrected chi connectivity index (χ0v) is 10.3. The van der Waals surface area contributed by atoms with Gasteiger partial charge in [-0.2, -0.15) is 0 Å². The van der Waals surface area contributed by atoms with Crippen LogP contribution in [0.5, 0.6) is 0 Å². The molecule has 0 atom stereocenters. The van der Waals surface area contributed by atoms with Crippen LogP contribution in [0, 0.1) is 0 Å². The van der Waals surface area contributed by atoms with E-state index in [-0.39, 0.29) is 17.2 Å². The van der Waals surface area contributed by atoms with Crippen molar-refractivity contribution in [2.75, 3.05) is 5.73 Å². The molecule has 2 aromatic rings. The lowest BCUT2D eigenvalue weighted by Crippen LogP contribution is -2.25. The van der Waals surface area contributed by atoms with Crippen molar-refractivity contribution in [3.05, 3.63) is 57.1 Å². The maximum Gasteiger partial charge on any atom is 0.348 e. The zero-order chi connectivity index (χ0) is 13.3. The van der Waals surface area contributed by atoms with Gasteiger partial charge in [0.2, 0.25) is 0 Å². The Hall–Kier alpha value is -2.14. The summed E-state index contributed by atoms with van der Waals surface area (Å²) in [4.78, 5) is 27.0. The van der Waals surface area contributed by atoms with Gasteiger partial charge in [0, 0.05) is 23.8 Å². The largest absolute Gasteiger partial charge is 0.384 e. The smallest absolute Gasteiger partial charge is 0.348 e. The topological polar surface area (TPSA) is 78.0 Å². The molecule has 0 amide bonds. The first-order valence-electron chi connectivity index (χ1n) is 5.12. The number of benzene rings is 1. The van der Waals surface area contributed by atoms with Crippen LogP contribution in [0.1, 0.15) is 15.9 Å². The highest BCUT2D eigenvalue weighted by molar-refractivity contribution is 6.30. The number of nitrogen functional groups attached to an aromatic ring is 1. The predicted octanol–water partition coefficient (Wildman–Crippen LogP) is 1.25. The summed E-state index contributed by atoms with van der Waals surface area (Å²) in [5.74, 6) is -0.206. The zero-order valence-electron chi connectivity index (χ0n) is 9.55. The average molecular weight is 264 g/mol. The number of rotatable bonds is 2. The van der Waals surface area contributed by atoms with Gasteiger partial charge < -0.3 is 5.73 Å². The van der Waals surface area contributed by atoms with Gasteiger partial charge in [-0.15, -0.1) is 0 Å². The van der Waals surface area contributed by atoms with E-state index in [1.54, 1.807) is 24.3 Å². The van der Waals surface area contributed by atoms with Gasteiger partial charge in [-0.05, 0) is 24.3 Å². The number of anilines is 1. The summed E-state index contributed by atoms with van der Waals surface area (Å²) in [6, 6.07) is 6.41. The average Bonchev–Trinajstić information content (AvgIpc) is 2.36. The molecule has 0 aliphatic carbocycles. The maximum atomic E-state index is 12.2. The first kappa shape index (κ1) is 12.3. The molecule has 6 heteroatoms. The molecule has 1 aromatic carbocycles. The van der Waals surface area contributed by atoms with Crippen LogP contribution in [0.2, 0.25) is 5.02 Å². The van der Waals surface area contributed by atoms with Crippen molar-refractivity contribution in [3.8, 4) is 0 Å². The highest BCUT2D eigenvalue weighted by atomic mass is 35.5. The Bertz CT molecular complexity index is 662. The van der Waals surface area contributed by atoms with Crippen LogP contribution in [0.25, 0.3) is 0 Å². The van der Waals surface area contributed by atoms with Gasteiger partial charge in [-0.3, -0.25) is 9.36 Å². The molecule has 18 heavy (non-hydrogen) atoms. The molecule has 0 fully saturated rings. The standard InChI is InChI=1S/C12H10ClN3O2/c1-16-11(14)9(6-15-12(16)18)10(17)7-2-4-8(13)5-3-7/h2-6H,14H2,1H3. The lowest BCUT2D eigenvalue weighted by Gasteiger charge is -2.07. The number of ketones is 1. The summed E-state index contributed by atoms with van der Waals surface area (Å²) >= 11 is 5.75. The van der Waals surface area contributed by atoms with Crippen molar-refractivity contribution in [2.45, 2.75) is 0 Å². The SMILES string of the molecule is Cn1c(N)c(C(=O)c2ccc(Cl)cc2)cnc1=O. The molecule has 0 radical (unpaired) electrons. The Balaban J connectivity index is 2.50. The summed E-state index contributed by atoms with van der Waals surface area (Å²) in [6.45, 7) is 0. The van der Waals surface area contributed by atoms with Gasteiger partial charge >= 0.3 is 5.69 Å². The summed E-state index contributed by atoms with van der Waals surface area (Å²) in [6.07, 6.45) is 1.19. The van der Waals surface area contributed by atoms with Crippen LogP contribution < -0.4 is 11.4 Å². The van der Waals surface area contributed by atoms with Gasteiger partial charge in [0.25, 0.3) is 0 Å². The minimum Gasteiger partial charge on any atom is -0.384 e. The molecule has 92 valence electrons. The Morgan fingerprint density at radius 1 is 1.33 bits per heavy atom. The predicted molar refractivity (Wildman–Crippen MR) is 68.8 cm³/mol. The van der Waals surface area contributed by atoms with Crippen LogP contribution in [0.15, 0.2) is 35.3 Å². The van der Waals surface area contributed by atoms with E-state index in [0.29, 0.717) is 10.6 Å². The molecular weight excluding hydrogens is 254 g/mol. The number of hydrogen-bond donors (Lipinski definition) is 1. The summed E-state index contributed by atoms with van der Waals surface area (Å²) in [5.41, 5.74) is 5.86. The van der Waals surface area contributed by atoms with Gasteiger partial charge in [0.15, 0.2) is 5.78 Å². The highest BCUT2D eigenvalue weighted by Gasteiger charge is 2.15. The third-order valence-corrected chi connectivity index (χ3v) is 2.83. The van der Waals surface area contributed by atoms with Crippen LogP contribution >= 0.6 is 11.6 Å². The Morgan fingerprint density at radius 3 is 2.56 bits per heavy atom. The molecule has 1 heterocycles. The molecule has 0 bridgehead atoms. The molecule has 0 aliphatic rings. The summed E-state index contributed by atoms with van der Waals surface area (Å²) < 4.78 is 1.13. The van der Waals surface area contributed by atoms with Crippen molar-refractivity contribution in [1.29, 1.82) is 0 Å². The van der Waals surface area contributed by atoms with Crippen molar-refractivity contribution < 1.29 is 4.79 Å². The first-order valence-corrected chi connectivity index (χ1v) is 5.50. The fourth-order valence-corrected chi connectivity index (χ4v) is 1.61. The van der Waals surface area contributed by atoms with E-state index in [1.165, 1.54) is 13.2 Å². The molecular formula is C12H10ClN3O2. The number of nitrogens with zero attached hydrogens (tertiary/aromatic N) is 2. The third-order valence-electron chi connectivity index (χ3n) is 2.58. The van der Waals surface area contributed by atoms with E-state index in [0.717, 1.165) is 4.57 Å². The lowest BCUT2D eigenvalue weighted by molar-refractivity contribution is 0.103. The van der Waals surface area contributed by atoms with Crippen LogP contribution in [-0.4, -0.2) is 15.3 Å². The molecule has 0 saturated heterocycles. The van der Waals surface area contributed by atoms with Crippen LogP contribution in [0.4, 0.5) is 5.82 Å². The molecule has 2 N–H and O–H groups in total. The van der Waals surface area contributed by atoms with Crippen LogP contribution in [-0.2, 0) is 7.05 Å². The lowest BCUT2D eigenvalue weighted by atomic mass is 10.1. The van der Waals surface area contributed by atoms with Crippen LogP contribution in [0.3, 0.4) is 0 Å². The number of carbonyl (C=O) groups excluding carboxylic acids is 1. The Morgan fingerprint density at radius 2 is 1.94 bits per heavy atom. The second kappa shape index (κ2) is 4.62. The van der Waals surface area contributed by atoms with Crippen molar-refractivity contribution in [1.82, 2.24) is 9.55 Å². The molecule has 0 spiro atoms. The Kier molecular flexibility index (Phi) is 3.16. The van der Waals surface area contributed by atoms with Gasteiger partial charge in [-0.25, -0.2) is 9.78 Å². The van der Waals surface area contributed by atoms with E-state index < -0.39 is 5.69 Å². The minimum atomic E-state index is -0.500. The first-order chi connectivity index (χ1) is 8.50. The monoisotopic (exact) mass is 263 g/mol. The minimum absolute atomic E-state index is 0.0925. The highest BCUT2D eigenvalue weighted by Crippen LogP contribution is 2.16. The number of hydrogen-bond acceptors (Lipinski definition) is 4. The fraction of sp³-hybridized carbons (Fsp3) is 0.0833. The second-order valence-electron chi connectivity index (χ2n) is 3.73. The number of nitrogens with two attached hydrogens (primary N) is 1. The normalized spacial score (nSPS) is 10.3. The van der Waals surface area contributed by atoms with E-state index in [4.69, 9.17) is 17.3 Å². The van der Waals surface area contributed by atoms with Gasteiger partial charge in [0.05, 0.1) is 5.56 Å². The third kappa shape index (κ3) is 2.12. The number of aromatic nitrogens is 2. The van der Waals surface area contributed by atoms with E-state index in [1.807, 2.05) is 0 Å². The quantitative estimate of drug-likeness (QED) is 0.827. The summed E-state index contributed by atoms with van der Waals surface area (Å²) in [7, 11) is 1.46. The molecule has 0 unspecified atom stereocenters. The van der Waals surface area contributed by atoms with Crippen molar-refractivity contribution in [3.63, 3.8) is 0 Å². The molecule has 0 saturated carbocycles. The van der Waals surface area contributed by atoms with Gasteiger partial charge in [0.1, 0.15) is 5.82 Å². The fourth-order valence-electron chi connectivity index (χ4n) is 1.49. The summed E-state index contributed by atoms with van der Waals surface area (Å²) in [5, 5.41) is 0.540. The van der Waals surface area contributed by atoms with Crippen molar-refractivity contribution in [2.24, 2.45) is 7.05 Å². The van der Waals surface area contributed by atoms with Gasteiger partial charge in [-0.1, -0.05) is 11.6 Å². The maximum absolute atomic E-state index is 12.2. The second-order valence-corrected chi connectivity index (χ2v) is 4.17. The Labute approximate surface area is 108 Å². The van der Waals surface area contributed by atoms with E-state index >= 15 is 0 Å². The molecule has 5 nitrogen and oxygen atoms in total. The molecule has 2 rings (SSSR count). The molecule has 1 aromatic heterocycles. The van der Waals surface area contributed by atoms with E-state index in [9.17, 15) is 9.59 Å². The number of carbonyl (C=O) groups is 1. The molecule has 0 aliphatic heterocycles.